The molecule has 19 nitrogen and oxygen atoms in total. The van der Waals surface area contributed by atoms with Crippen molar-refractivity contribution in [3.63, 3.8) is 0 Å². The number of cyclic esters (lactones) is 3. The molecule has 3 heterocycles. The Bertz CT molecular complexity index is 2620. The van der Waals surface area contributed by atoms with Gasteiger partial charge in [0.2, 0.25) is 0 Å². The normalized spacial score (nSPS) is 23.4. The van der Waals surface area contributed by atoms with Crippen molar-refractivity contribution in [2.45, 2.75) is 169 Å². The second kappa shape index (κ2) is 29.4. The maximum Gasteiger partial charge on any atom is 0.329 e. The topological polar surface area (TPSA) is 205 Å². The van der Waals surface area contributed by atoms with Crippen molar-refractivity contribution in [1.82, 2.24) is 39.2 Å². The number of hydrogen-bond donors (Lipinski definition) is 0. The molecule has 4 amide bonds. The van der Waals surface area contributed by atoms with Crippen molar-refractivity contribution in [3.05, 3.63) is 108 Å². The van der Waals surface area contributed by atoms with Crippen LogP contribution >= 0.6 is 0 Å². The number of hydrogen-bond acceptors (Lipinski definition) is 13. The van der Waals surface area contributed by atoms with Crippen molar-refractivity contribution >= 4 is 41.5 Å². The lowest BCUT2D eigenvalue weighted by atomic mass is 9.99. The van der Waals surface area contributed by atoms with Gasteiger partial charge in [-0.2, -0.15) is 10.2 Å². The van der Waals surface area contributed by atoms with Gasteiger partial charge in [0.15, 0.2) is 18.3 Å². The summed E-state index contributed by atoms with van der Waals surface area (Å²) in [5.74, 6) is -5.38. The third kappa shape index (κ3) is 18.3. The van der Waals surface area contributed by atoms with E-state index in [0.717, 1.165) is 11.1 Å². The van der Waals surface area contributed by atoms with E-state index in [-0.39, 0.29) is 62.4 Å². The van der Waals surface area contributed by atoms with E-state index in [9.17, 15) is 28.8 Å². The molecule has 1 aliphatic rings. The molecular weight excluding hydrogens is 1010 g/mol. The molecule has 5 rings (SSSR count). The maximum absolute atomic E-state index is 15.0. The SMILES string of the molecule is CC(C)C[C@H]1CO[C@H](C)C(=O)N(C)[C@@H](CC(C)C)C(=O)O[C@H](Cc2cccc(Cn3cccn3)c2)C(=O)N(C)[C@@H](CC(C)C)C(=O)O[C@H](C)C(=O)N(C)[C@@H](CC(C)C)C(=O)O[C@H](Cc2ccc(Cn3cccn3)cc2)C(=O)N1C. The highest BCUT2D eigenvalue weighted by Gasteiger charge is 2.42. The van der Waals surface area contributed by atoms with Crippen LogP contribution in [-0.2, 0) is 78.4 Å². The second-order valence-electron chi connectivity index (χ2n) is 22.9. The van der Waals surface area contributed by atoms with Crippen LogP contribution in [0.2, 0.25) is 0 Å². The highest BCUT2D eigenvalue weighted by Crippen LogP contribution is 2.24. The van der Waals surface area contributed by atoms with E-state index in [4.69, 9.17) is 18.9 Å². The van der Waals surface area contributed by atoms with E-state index < -0.39 is 90.1 Å². The minimum Gasteiger partial charge on any atom is -0.451 e. The first-order valence-corrected chi connectivity index (χ1v) is 27.7. The molecule has 1 aliphatic heterocycles. The molecule has 432 valence electrons. The second-order valence-corrected chi connectivity index (χ2v) is 22.9. The number of esters is 3. The molecule has 2 aromatic heterocycles. The lowest BCUT2D eigenvalue weighted by Gasteiger charge is -2.36. The molecule has 1 fully saturated rings. The molecular formula is C60H86N8O11. The largest absolute Gasteiger partial charge is 0.451 e. The van der Waals surface area contributed by atoms with Crippen LogP contribution in [0.25, 0.3) is 0 Å². The highest BCUT2D eigenvalue weighted by atomic mass is 16.6. The van der Waals surface area contributed by atoms with Gasteiger partial charge in [-0.1, -0.05) is 104 Å². The van der Waals surface area contributed by atoms with Gasteiger partial charge in [-0.25, -0.2) is 14.4 Å². The number of nitrogens with zero attached hydrogens (tertiary/aromatic N) is 8. The average Bonchev–Trinajstić information content (AvgIpc) is 4.18. The standard InChI is InChI=1S/C60H86N8O11/c1-38(2)28-48-37-76-42(9)54(69)64(12)50(30-40(5)6)59(74)79-53(34-46-18-15-19-47(32-46)36-68-27-17-25-62-68)57(72)66(14)49(29-39(3)4)58(73)77-43(10)55(70)65(13)51(31-41(7)8)60(75)78-52(56(71)63(48)11)33-44-20-22-45(23-21-44)35-67-26-16-24-61-67/h15-27,32,38-43,48-53H,28-31,33-37H2,1-14H3/t42-,43-,48+,49+,50+,51+,52-,53-/m1/s1. The van der Waals surface area contributed by atoms with Crippen molar-refractivity contribution in [1.29, 1.82) is 0 Å². The van der Waals surface area contributed by atoms with E-state index in [1.54, 1.807) is 35.7 Å². The van der Waals surface area contributed by atoms with E-state index in [1.807, 2.05) is 128 Å². The zero-order valence-electron chi connectivity index (χ0n) is 48.9. The molecule has 79 heavy (non-hydrogen) atoms. The summed E-state index contributed by atoms with van der Waals surface area (Å²) in [5.41, 5.74) is 3.20. The Labute approximate surface area is 467 Å². The first-order valence-electron chi connectivity index (χ1n) is 27.7. The fourth-order valence-electron chi connectivity index (χ4n) is 9.78. The zero-order chi connectivity index (χ0) is 58.2. The Kier molecular flexibility index (Phi) is 23.4. The molecule has 8 atom stereocenters. The number of benzene rings is 2. The summed E-state index contributed by atoms with van der Waals surface area (Å²) in [5, 5.41) is 8.62. The fraction of sp³-hybridized carbons (Fsp3) is 0.583. The molecule has 0 spiro atoms. The van der Waals surface area contributed by atoms with Gasteiger partial charge in [0.1, 0.15) is 24.2 Å². The molecule has 0 bridgehead atoms. The average molecular weight is 1100 g/mol. The van der Waals surface area contributed by atoms with Gasteiger partial charge >= 0.3 is 17.9 Å². The molecule has 0 unspecified atom stereocenters. The quantitative estimate of drug-likeness (QED) is 0.0855. The highest BCUT2D eigenvalue weighted by molar-refractivity contribution is 5.93. The first-order chi connectivity index (χ1) is 37.3. The van der Waals surface area contributed by atoms with Gasteiger partial charge in [-0.15, -0.1) is 0 Å². The molecule has 19 heteroatoms. The number of ether oxygens (including phenoxy) is 4. The van der Waals surface area contributed by atoms with Crippen LogP contribution in [0.3, 0.4) is 0 Å². The van der Waals surface area contributed by atoms with Gasteiger partial charge in [0, 0.05) is 65.8 Å². The predicted octanol–water partition coefficient (Wildman–Crippen LogP) is 6.63. The Hall–Kier alpha value is -6.89. The number of amides is 4. The molecule has 4 aromatic rings. The van der Waals surface area contributed by atoms with E-state index in [2.05, 4.69) is 10.2 Å². The summed E-state index contributed by atoms with van der Waals surface area (Å²) in [6.07, 6.45) is 2.43. The Balaban J connectivity index is 1.58. The third-order valence-corrected chi connectivity index (χ3v) is 14.2. The van der Waals surface area contributed by atoms with Gasteiger partial charge in [0.05, 0.1) is 25.7 Å². The smallest absolute Gasteiger partial charge is 0.329 e. The summed E-state index contributed by atoms with van der Waals surface area (Å²) in [7, 11) is 5.96. The van der Waals surface area contributed by atoms with Gasteiger partial charge in [-0.3, -0.25) is 28.5 Å². The van der Waals surface area contributed by atoms with Crippen molar-refractivity contribution in [2.24, 2.45) is 23.7 Å². The number of carbonyl (C=O) groups is 7. The lowest BCUT2D eigenvalue weighted by Crippen LogP contribution is -2.54. The first kappa shape index (κ1) is 62.9. The van der Waals surface area contributed by atoms with Crippen molar-refractivity contribution in [3.8, 4) is 0 Å². The Morgan fingerprint density at radius 1 is 0.468 bits per heavy atom. The van der Waals surface area contributed by atoms with Crippen LogP contribution in [0, 0.1) is 23.7 Å². The lowest BCUT2D eigenvalue weighted by molar-refractivity contribution is -0.174. The zero-order valence-corrected chi connectivity index (χ0v) is 48.9. The van der Waals surface area contributed by atoms with Gasteiger partial charge in [0.25, 0.3) is 23.6 Å². The summed E-state index contributed by atoms with van der Waals surface area (Å²) in [6, 6.07) is 14.4. The van der Waals surface area contributed by atoms with Crippen LogP contribution in [-0.4, -0.2) is 164 Å². The third-order valence-electron chi connectivity index (χ3n) is 14.2. The Morgan fingerprint density at radius 3 is 1.34 bits per heavy atom. The van der Waals surface area contributed by atoms with Crippen LogP contribution in [0.15, 0.2) is 85.5 Å². The summed E-state index contributed by atoms with van der Waals surface area (Å²) in [4.78, 5) is 108. The fourth-order valence-corrected chi connectivity index (χ4v) is 9.78. The van der Waals surface area contributed by atoms with Gasteiger partial charge in [-0.05, 0) is 97.6 Å². The van der Waals surface area contributed by atoms with Gasteiger partial charge < -0.3 is 38.5 Å². The monoisotopic (exact) mass is 1090 g/mol. The molecule has 0 N–H and O–H groups in total. The van der Waals surface area contributed by atoms with E-state index in [1.165, 1.54) is 47.7 Å². The predicted molar refractivity (Wildman–Crippen MR) is 298 cm³/mol. The van der Waals surface area contributed by atoms with Crippen LogP contribution < -0.4 is 0 Å². The molecule has 1 saturated heterocycles. The van der Waals surface area contributed by atoms with E-state index in [0.29, 0.717) is 30.6 Å². The molecule has 0 radical (unpaired) electrons. The minimum absolute atomic E-state index is 0.0118. The van der Waals surface area contributed by atoms with E-state index >= 15 is 4.79 Å². The van der Waals surface area contributed by atoms with Crippen LogP contribution in [0.5, 0.6) is 0 Å². The minimum atomic E-state index is -1.48. The van der Waals surface area contributed by atoms with Crippen molar-refractivity contribution in [2.75, 3.05) is 34.8 Å². The summed E-state index contributed by atoms with van der Waals surface area (Å²) in [6.45, 7) is 19.2. The molecule has 2 aromatic carbocycles. The number of rotatable bonds is 16. The number of likely N-dealkylation sites (N-methyl/N-ethyl adjacent to an activating group) is 4. The van der Waals surface area contributed by atoms with Crippen LogP contribution in [0.4, 0.5) is 0 Å². The molecule has 0 saturated carbocycles. The molecule has 0 aliphatic carbocycles. The number of carbonyl (C=O) groups excluding carboxylic acids is 7. The summed E-state index contributed by atoms with van der Waals surface area (Å²) < 4.78 is 28.3. The van der Waals surface area contributed by atoms with Crippen molar-refractivity contribution < 1.29 is 52.5 Å². The number of aromatic nitrogens is 4. The van der Waals surface area contributed by atoms with Crippen LogP contribution in [0.1, 0.15) is 117 Å². The maximum atomic E-state index is 15.0. The Morgan fingerprint density at radius 2 is 0.873 bits per heavy atom. The summed E-state index contributed by atoms with van der Waals surface area (Å²) >= 11 is 0.